The highest BCUT2D eigenvalue weighted by Gasteiger charge is 2.24. The predicted molar refractivity (Wildman–Crippen MR) is 157 cm³/mol. The van der Waals surface area contributed by atoms with Crippen LogP contribution in [0.4, 0.5) is 11.8 Å². The van der Waals surface area contributed by atoms with Crippen molar-refractivity contribution in [1.82, 2.24) is 19.7 Å². The molecule has 12 heteroatoms. The molecule has 1 aliphatic heterocycles. The molecular weight excluding hydrogens is 550 g/mol. The van der Waals surface area contributed by atoms with Gasteiger partial charge in [0.1, 0.15) is 0 Å². The second-order valence-electron chi connectivity index (χ2n) is 8.78. The minimum absolute atomic E-state index is 0.125. The highest BCUT2D eigenvalue weighted by Crippen LogP contribution is 2.38. The molecule has 1 aliphatic rings. The lowest BCUT2D eigenvalue weighted by Crippen LogP contribution is -2.29. The minimum atomic E-state index is -3.67. The van der Waals surface area contributed by atoms with Crippen LogP contribution < -0.4 is 20.5 Å². The van der Waals surface area contributed by atoms with Gasteiger partial charge in [0, 0.05) is 42.5 Å². The fourth-order valence-corrected chi connectivity index (χ4v) is 5.31. The molecule has 2 aromatic heterocycles. The number of nitrogens with zero attached hydrogens (tertiary/aromatic N) is 4. The van der Waals surface area contributed by atoms with Crippen LogP contribution in [0.1, 0.15) is 23.2 Å². The fraction of sp³-hybridized carbons (Fsp3) is 0.143. The van der Waals surface area contributed by atoms with Crippen molar-refractivity contribution >= 4 is 50.4 Å². The lowest BCUT2D eigenvalue weighted by atomic mass is 9.98. The summed E-state index contributed by atoms with van der Waals surface area (Å²) >= 11 is 5.85. The van der Waals surface area contributed by atoms with Gasteiger partial charge in [0.15, 0.2) is 11.6 Å². The smallest absolute Gasteiger partial charge is 0.240 e. The summed E-state index contributed by atoms with van der Waals surface area (Å²) in [5.41, 5.74) is 10.9. The number of hydrogen-bond acceptors (Lipinski definition) is 9. The normalized spacial score (nSPS) is 13.3. The molecule has 3 heterocycles. The van der Waals surface area contributed by atoms with Gasteiger partial charge in [-0.1, -0.05) is 41.9 Å². The van der Waals surface area contributed by atoms with Crippen molar-refractivity contribution in [2.75, 3.05) is 31.2 Å². The van der Waals surface area contributed by atoms with Gasteiger partial charge >= 0.3 is 0 Å². The van der Waals surface area contributed by atoms with Crippen LogP contribution in [-0.2, 0) is 10.0 Å². The number of hydrogen-bond donors (Lipinski definition) is 3. The molecule has 5 rings (SSSR count). The Bertz CT molecular complexity index is 1690. The molecule has 4 aromatic rings. The molecule has 0 atom stereocenters. The first kappa shape index (κ1) is 27.3. The number of anilines is 2. The summed E-state index contributed by atoms with van der Waals surface area (Å²) in [6.07, 6.45) is 3.89. The first-order valence-corrected chi connectivity index (χ1v) is 14.2. The van der Waals surface area contributed by atoms with Gasteiger partial charge in [-0.3, -0.25) is 0 Å². The Hall–Kier alpha value is -4.32. The molecule has 0 amide bonds. The summed E-state index contributed by atoms with van der Waals surface area (Å²) in [4.78, 5) is 18.3. The van der Waals surface area contributed by atoms with E-state index in [0.29, 0.717) is 40.4 Å². The first-order chi connectivity index (χ1) is 19.3. The molecule has 2 aromatic carbocycles. The molecular formula is C28H26ClN7O3S. The van der Waals surface area contributed by atoms with E-state index in [4.69, 9.17) is 27.1 Å². The largest absolute Gasteiger partial charge is 0.493 e. The quantitative estimate of drug-likeness (QED) is 0.238. The van der Waals surface area contributed by atoms with Crippen LogP contribution in [0.25, 0.3) is 11.3 Å². The third-order valence-electron chi connectivity index (χ3n) is 6.16. The monoisotopic (exact) mass is 575 g/mol. The van der Waals surface area contributed by atoms with Crippen LogP contribution in [-0.4, -0.2) is 49.3 Å². The number of nitrogens with two attached hydrogens (primary N) is 1. The zero-order valence-electron chi connectivity index (χ0n) is 21.5. The summed E-state index contributed by atoms with van der Waals surface area (Å²) in [6.45, 7) is 0.388. The standard InChI is InChI=1S/C28H26ClN7O3S/c1-39-25-15-19(17-33-27(25)30)22-16-24(18-5-3-2-4-6-18)35-26(22)23-11-12-31-28(36-23)32-13-14-34-40(37,38)21-9-7-20(29)8-10-21/h2-12,15,17,34H,13-14,16H2,1H3,(H2,30,33)(H,31,32,36). The Balaban J connectivity index is 1.37. The van der Waals surface area contributed by atoms with Gasteiger partial charge in [0.2, 0.25) is 16.0 Å². The van der Waals surface area contributed by atoms with E-state index < -0.39 is 10.0 Å². The Labute approximate surface area is 237 Å². The van der Waals surface area contributed by atoms with E-state index in [1.807, 2.05) is 36.4 Å². The van der Waals surface area contributed by atoms with Gasteiger partial charge < -0.3 is 15.8 Å². The highest BCUT2D eigenvalue weighted by molar-refractivity contribution is 7.89. The third kappa shape index (κ3) is 6.12. The number of rotatable bonds is 10. The van der Waals surface area contributed by atoms with E-state index in [9.17, 15) is 8.42 Å². The molecule has 40 heavy (non-hydrogen) atoms. The molecule has 0 saturated heterocycles. The van der Waals surface area contributed by atoms with Crippen molar-refractivity contribution < 1.29 is 13.2 Å². The molecule has 0 unspecified atom stereocenters. The predicted octanol–water partition coefficient (Wildman–Crippen LogP) is 4.27. The van der Waals surface area contributed by atoms with Crippen molar-refractivity contribution in [2.45, 2.75) is 11.3 Å². The molecule has 0 saturated carbocycles. The molecule has 0 aliphatic carbocycles. The van der Waals surface area contributed by atoms with Crippen molar-refractivity contribution in [2.24, 2.45) is 4.99 Å². The maximum absolute atomic E-state index is 12.5. The number of pyridine rings is 1. The first-order valence-electron chi connectivity index (χ1n) is 12.3. The van der Waals surface area contributed by atoms with Gasteiger partial charge in [-0.2, -0.15) is 0 Å². The third-order valence-corrected chi connectivity index (χ3v) is 7.89. The maximum Gasteiger partial charge on any atom is 0.240 e. The Kier molecular flexibility index (Phi) is 8.06. The summed E-state index contributed by atoms with van der Waals surface area (Å²) in [6, 6.07) is 19.5. The number of sulfonamides is 1. The number of allylic oxidation sites excluding steroid dienone is 1. The lowest BCUT2D eigenvalue weighted by Gasteiger charge is -2.11. The van der Waals surface area contributed by atoms with Crippen LogP contribution in [0.2, 0.25) is 5.02 Å². The number of ether oxygens (including phenoxy) is 1. The van der Waals surface area contributed by atoms with Crippen LogP contribution in [0.3, 0.4) is 0 Å². The number of aliphatic imine (C=N–C) groups is 1. The summed E-state index contributed by atoms with van der Waals surface area (Å²) < 4.78 is 33.0. The average molecular weight is 576 g/mol. The minimum Gasteiger partial charge on any atom is -0.493 e. The zero-order chi connectivity index (χ0) is 28.1. The molecule has 0 spiro atoms. The molecule has 10 nitrogen and oxygen atoms in total. The van der Waals surface area contributed by atoms with Crippen molar-refractivity contribution in [3.05, 3.63) is 101 Å². The Morgan fingerprint density at radius 1 is 1.00 bits per heavy atom. The van der Waals surface area contributed by atoms with Crippen molar-refractivity contribution in [1.29, 1.82) is 0 Å². The van der Waals surface area contributed by atoms with Gasteiger partial charge in [-0.15, -0.1) is 0 Å². The lowest BCUT2D eigenvalue weighted by molar-refractivity contribution is 0.415. The van der Waals surface area contributed by atoms with Crippen LogP contribution in [0.15, 0.2) is 89.0 Å². The topological polar surface area (TPSA) is 144 Å². The molecule has 0 radical (unpaired) electrons. The number of aromatic nitrogens is 3. The van der Waals surface area contributed by atoms with Gasteiger partial charge in [-0.05, 0) is 47.5 Å². The van der Waals surface area contributed by atoms with E-state index in [1.54, 1.807) is 25.6 Å². The number of nitrogens with one attached hydrogen (secondary N) is 2. The Morgan fingerprint density at radius 2 is 1.77 bits per heavy atom. The van der Waals surface area contributed by atoms with E-state index >= 15 is 0 Å². The van der Waals surface area contributed by atoms with E-state index in [1.165, 1.54) is 24.3 Å². The molecule has 0 fully saturated rings. The highest BCUT2D eigenvalue weighted by atomic mass is 35.5. The maximum atomic E-state index is 12.5. The molecule has 0 bridgehead atoms. The SMILES string of the molecule is COc1cc(C2=C(c3ccnc(NCCNS(=O)(=O)c4ccc(Cl)cc4)n3)N=C(c3ccccc3)C2)cnc1N. The van der Waals surface area contributed by atoms with Crippen molar-refractivity contribution in [3.63, 3.8) is 0 Å². The van der Waals surface area contributed by atoms with Crippen LogP contribution in [0, 0.1) is 0 Å². The fourth-order valence-electron chi connectivity index (χ4n) is 4.16. The molecule has 204 valence electrons. The summed E-state index contributed by atoms with van der Waals surface area (Å²) in [5, 5.41) is 3.54. The van der Waals surface area contributed by atoms with E-state index in [0.717, 1.165) is 22.4 Å². The summed E-state index contributed by atoms with van der Waals surface area (Å²) in [5.74, 6) is 1.12. The number of methoxy groups -OCH3 is 1. The van der Waals surface area contributed by atoms with Gasteiger partial charge in [-0.25, -0.2) is 33.1 Å². The average Bonchev–Trinajstić information content (AvgIpc) is 3.42. The second-order valence-corrected chi connectivity index (χ2v) is 11.0. The van der Waals surface area contributed by atoms with E-state index in [-0.39, 0.29) is 18.0 Å². The zero-order valence-corrected chi connectivity index (χ0v) is 23.1. The molecule has 4 N–H and O–H groups in total. The Morgan fingerprint density at radius 3 is 2.52 bits per heavy atom. The van der Waals surface area contributed by atoms with Gasteiger partial charge in [0.05, 0.1) is 29.1 Å². The van der Waals surface area contributed by atoms with Gasteiger partial charge in [0.25, 0.3) is 0 Å². The number of benzene rings is 2. The van der Waals surface area contributed by atoms with Crippen LogP contribution in [0.5, 0.6) is 5.75 Å². The van der Waals surface area contributed by atoms with Crippen molar-refractivity contribution in [3.8, 4) is 5.75 Å². The van der Waals surface area contributed by atoms with E-state index in [2.05, 4.69) is 25.0 Å². The second kappa shape index (κ2) is 11.8. The van der Waals surface area contributed by atoms with Crippen LogP contribution >= 0.6 is 11.6 Å². The number of halogens is 1. The number of nitrogen functional groups attached to an aromatic ring is 1. The summed E-state index contributed by atoms with van der Waals surface area (Å²) in [7, 11) is -2.13.